The van der Waals surface area contributed by atoms with Gasteiger partial charge in [-0.3, -0.25) is 0 Å². The first kappa shape index (κ1) is 9.67. The van der Waals surface area contributed by atoms with Gasteiger partial charge < -0.3 is 10.2 Å². The van der Waals surface area contributed by atoms with Crippen LogP contribution in [0, 0.1) is 0 Å². The third kappa shape index (κ3) is 8.82. The molecule has 0 atom stereocenters. The Balaban J connectivity index is 0. The molecule has 6 heavy (non-hydrogen) atoms. The van der Waals surface area contributed by atoms with Crippen molar-refractivity contribution in [3.8, 4) is 0 Å². The van der Waals surface area contributed by atoms with Gasteiger partial charge >= 0.3 is 0 Å². The number of rotatable bonds is 0. The van der Waals surface area contributed by atoms with Crippen LogP contribution in [0.25, 0.3) is 0 Å². The molecule has 0 heterocycles. The van der Waals surface area contributed by atoms with Crippen LogP contribution in [0.15, 0.2) is 12.0 Å². The van der Waals surface area contributed by atoms with E-state index in [4.69, 9.17) is 10.2 Å². The summed E-state index contributed by atoms with van der Waals surface area (Å²) in [6, 6.07) is 0. The summed E-state index contributed by atoms with van der Waals surface area (Å²) in [5, 5.41) is 15.7. The van der Waals surface area contributed by atoms with E-state index in [0.717, 1.165) is 0 Å². The number of allylic oxidation sites excluding steroid dienone is 1. The van der Waals surface area contributed by atoms with Gasteiger partial charge in [0, 0.05) is 32.7 Å². The molecule has 0 rings (SSSR count). The van der Waals surface area contributed by atoms with Crippen LogP contribution in [0.3, 0.4) is 0 Å². The first-order valence-corrected chi connectivity index (χ1v) is 1.27. The molecule has 0 aromatic heterocycles. The summed E-state index contributed by atoms with van der Waals surface area (Å²) in [4.78, 5) is 0. The van der Waals surface area contributed by atoms with Crippen molar-refractivity contribution in [1.82, 2.24) is 0 Å². The minimum absolute atomic E-state index is 0. The van der Waals surface area contributed by atoms with Gasteiger partial charge in [-0.05, 0) is 6.92 Å². The summed E-state index contributed by atoms with van der Waals surface area (Å²) in [5.41, 5.74) is 0. The zero-order chi connectivity index (χ0) is 4.28. The molecule has 33 valence electrons. The van der Waals surface area contributed by atoms with Crippen LogP contribution in [0.4, 0.5) is 0 Å². The maximum Gasteiger partial charge on any atom is 0.123 e. The Labute approximate surface area is 61.8 Å². The van der Waals surface area contributed by atoms with Crippen LogP contribution >= 0.6 is 0 Å². The molecule has 0 aromatic rings. The predicted molar refractivity (Wildman–Crippen MR) is 19.0 cm³/mol. The molecule has 2 nitrogen and oxygen atoms in total. The molecule has 0 spiro atoms. The Bertz CT molecular complexity index is 46.8. The molecular weight excluding hydrogens is 157 g/mol. The monoisotopic (exact) mass is 163 g/mol. The van der Waals surface area contributed by atoms with Crippen molar-refractivity contribution >= 4 is 0 Å². The van der Waals surface area contributed by atoms with Gasteiger partial charge in [0.25, 0.3) is 0 Å². The minimum atomic E-state index is -0.0648. The summed E-state index contributed by atoms with van der Waals surface area (Å²) in [5.74, 6) is -0.0648. The summed E-state index contributed by atoms with van der Waals surface area (Å²) in [7, 11) is 0. The van der Waals surface area contributed by atoms with E-state index in [9.17, 15) is 0 Å². The normalized spacial score (nSPS) is 9.83. The first-order chi connectivity index (χ1) is 2.27. The van der Waals surface area contributed by atoms with Crippen LogP contribution < -0.4 is 0 Å². The fraction of sp³-hybridized carbons (Fsp3) is 0.333. The second kappa shape index (κ2) is 5.44. The standard InChI is InChI=1S/C3H6O2.Y/c1-3(5)2-4;/h2,4-5H,1H3;. The van der Waals surface area contributed by atoms with E-state index in [1.807, 2.05) is 0 Å². The number of aliphatic hydroxyl groups is 2. The SMILES string of the molecule is CC(O)=CO.[Y]. The van der Waals surface area contributed by atoms with E-state index in [1.165, 1.54) is 6.92 Å². The van der Waals surface area contributed by atoms with Crippen molar-refractivity contribution < 1.29 is 42.9 Å². The molecule has 3 heteroatoms. The fourth-order valence-electron chi connectivity index (χ4n) is 0. The number of aliphatic hydroxyl groups excluding tert-OH is 2. The van der Waals surface area contributed by atoms with E-state index in [2.05, 4.69) is 0 Å². The molecule has 1 radical (unpaired) electrons. The van der Waals surface area contributed by atoms with Gasteiger partial charge in [0.2, 0.25) is 0 Å². The van der Waals surface area contributed by atoms with Gasteiger partial charge in [-0.25, -0.2) is 0 Å². The predicted octanol–water partition coefficient (Wildman–Crippen LogP) is 0.961. The minimum Gasteiger partial charge on any atom is -0.512 e. The maximum absolute atomic E-state index is 7.97. The van der Waals surface area contributed by atoms with E-state index in [0.29, 0.717) is 6.26 Å². The maximum atomic E-state index is 7.97. The van der Waals surface area contributed by atoms with E-state index in [-0.39, 0.29) is 38.5 Å². The van der Waals surface area contributed by atoms with E-state index < -0.39 is 0 Å². The molecular formula is C3H6O2Y. The number of hydrogen-bond acceptors (Lipinski definition) is 2. The Morgan fingerprint density at radius 1 is 1.67 bits per heavy atom. The second-order valence-electron chi connectivity index (χ2n) is 0.770. The van der Waals surface area contributed by atoms with Crippen LogP contribution in [0.2, 0.25) is 0 Å². The summed E-state index contributed by atoms with van der Waals surface area (Å²) in [6.45, 7) is 1.39. The molecule has 0 fully saturated rings. The van der Waals surface area contributed by atoms with Crippen LogP contribution in [0.1, 0.15) is 6.92 Å². The van der Waals surface area contributed by atoms with Crippen molar-refractivity contribution in [1.29, 1.82) is 0 Å². The van der Waals surface area contributed by atoms with Crippen molar-refractivity contribution in [3.05, 3.63) is 12.0 Å². The fourth-order valence-corrected chi connectivity index (χ4v) is 0. The van der Waals surface area contributed by atoms with Crippen molar-refractivity contribution in [2.24, 2.45) is 0 Å². The molecule has 0 aliphatic carbocycles. The average molecular weight is 163 g/mol. The van der Waals surface area contributed by atoms with Crippen LogP contribution in [-0.4, -0.2) is 10.2 Å². The quantitative estimate of drug-likeness (QED) is 0.522. The smallest absolute Gasteiger partial charge is 0.123 e. The Morgan fingerprint density at radius 3 is 1.83 bits per heavy atom. The van der Waals surface area contributed by atoms with Gasteiger partial charge in [-0.15, -0.1) is 0 Å². The largest absolute Gasteiger partial charge is 0.512 e. The third-order valence-corrected chi connectivity index (χ3v) is 0.187. The zero-order valence-electron chi connectivity index (χ0n) is 3.55. The second-order valence-corrected chi connectivity index (χ2v) is 0.770. The van der Waals surface area contributed by atoms with Gasteiger partial charge in [0.05, 0.1) is 0 Å². The summed E-state index contributed by atoms with van der Waals surface area (Å²) >= 11 is 0. The van der Waals surface area contributed by atoms with E-state index >= 15 is 0 Å². The topological polar surface area (TPSA) is 40.5 Å². The van der Waals surface area contributed by atoms with E-state index in [1.54, 1.807) is 0 Å². The molecule has 0 saturated carbocycles. The Morgan fingerprint density at radius 2 is 1.83 bits per heavy atom. The molecule has 0 saturated heterocycles. The van der Waals surface area contributed by atoms with Gasteiger partial charge in [-0.1, -0.05) is 0 Å². The summed E-state index contributed by atoms with van der Waals surface area (Å²) < 4.78 is 0. The number of hydrogen-bond donors (Lipinski definition) is 2. The molecule has 0 aliphatic heterocycles. The van der Waals surface area contributed by atoms with Crippen LogP contribution in [0.5, 0.6) is 0 Å². The Hall–Kier alpha value is 0.444. The summed E-state index contributed by atoms with van der Waals surface area (Å²) in [6.07, 6.45) is 0.639. The van der Waals surface area contributed by atoms with Gasteiger partial charge in [0.15, 0.2) is 0 Å². The van der Waals surface area contributed by atoms with Gasteiger partial charge in [0.1, 0.15) is 12.0 Å². The average Bonchev–Trinajstić information content (AvgIpc) is 1.38. The molecule has 0 aliphatic rings. The third-order valence-electron chi connectivity index (χ3n) is 0.187. The Kier molecular flexibility index (Phi) is 8.77. The van der Waals surface area contributed by atoms with Crippen molar-refractivity contribution in [2.75, 3.05) is 0 Å². The molecule has 0 aromatic carbocycles. The first-order valence-electron chi connectivity index (χ1n) is 1.27. The molecule has 0 amide bonds. The molecule has 0 unspecified atom stereocenters. The molecule has 0 bridgehead atoms. The van der Waals surface area contributed by atoms with Crippen LogP contribution in [-0.2, 0) is 32.7 Å². The van der Waals surface area contributed by atoms with Gasteiger partial charge in [-0.2, -0.15) is 0 Å². The van der Waals surface area contributed by atoms with Crippen molar-refractivity contribution in [3.63, 3.8) is 0 Å². The molecule has 2 N–H and O–H groups in total. The van der Waals surface area contributed by atoms with Crippen molar-refractivity contribution in [2.45, 2.75) is 6.92 Å². The zero-order valence-corrected chi connectivity index (χ0v) is 6.39.